The van der Waals surface area contributed by atoms with Gasteiger partial charge in [0.2, 0.25) is 5.91 Å². The summed E-state index contributed by atoms with van der Waals surface area (Å²) in [7, 11) is 1.60. The first kappa shape index (κ1) is 32.8. The van der Waals surface area contributed by atoms with E-state index < -0.39 is 66.4 Å². The van der Waals surface area contributed by atoms with Gasteiger partial charge >= 0.3 is 0 Å². The minimum Gasteiger partial charge on any atom is -0.395 e. The summed E-state index contributed by atoms with van der Waals surface area (Å²) in [5.41, 5.74) is 16.8. The molecule has 14 N–H and O–H groups in total. The Morgan fingerprint density at radius 2 is 2.00 bits per heavy atom. The Kier molecular flexibility index (Phi) is 11.0. The van der Waals surface area contributed by atoms with E-state index in [4.69, 9.17) is 41.3 Å². The zero-order valence-corrected chi connectivity index (χ0v) is 23.8. The van der Waals surface area contributed by atoms with E-state index in [0.29, 0.717) is 13.1 Å². The van der Waals surface area contributed by atoms with E-state index in [1.54, 1.807) is 7.05 Å². The second kappa shape index (κ2) is 13.7. The molecule has 3 aliphatic heterocycles. The van der Waals surface area contributed by atoms with Gasteiger partial charge in [-0.25, -0.2) is 0 Å². The molecule has 0 aromatic heterocycles. The van der Waals surface area contributed by atoms with Gasteiger partial charge in [0.25, 0.3) is 0 Å². The maximum Gasteiger partial charge on any atom is 0.244 e. The molecule has 0 spiro atoms. The van der Waals surface area contributed by atoms with Gasteiger partial charge in [-0.3, -0.25) is 10.3 Å². The molecule has 16 nitrogen and oxygen atoms in total. The number of aliphatic hydroxyl groups is 5. The van der Waals surface area contributed by atoms with Crippen molar-refractivity contribution in [2.75, 3.05) is 39.9 Å². The van der Waals surface area contributed by atoms with Gasteiger partial charge in [0, 0.05) is 19.1 Å². The third-order valence-corrected chi connectivity index (χ3v) is 8.36. The molecule has 13 unspecified atom stereocenters. The number of aliphatic imine (C=N–C) groups is 1. The van der Waals surface area contributed by atoms with Crippen molar-refractivity contribution in [2.24, 2.45) is 22.2 Å². The fraction of sp³-hybridized carbons (Fsp3) is 0.960. The maximum atomic E-state index is 11.6. The second-order valence-corrected chi connectivity index (χ2v) is 11.7. The summed E-state index contributed by atoms with van der Waals surface area (Å²) >= 11 is 0. The Bertz CT molecular complexity index is 888. The number of nitrogens with two attached hydrogens (primary N) is 3. The van der Waals surface area contributed by atoms with Crippen molar-refractivity contribution in [1.29, 1.82) is 0 Å². The van der Waals surface area contributed by atoms with E-state index in [1.807, 2.05) is 0 Å². The Morgan fingerprint density at radius 1 is 1.24 bits per heavy atom. The van der Waals surface area contributed by atoms with Crippen molar-refractivity contribution < 1.29 is 44.5 Å². The zero-order chi connectivity index (χ0) is 29.9. The number of fused-ring (bicyclic) bond motifs is 1. The van der Waals surface area contributed by atoms with Crippen LogP contribution in [-0.2, 0) is 18.9 Å². The number of nitrogens with zero attached hydrogens (tertiary/aromatic N) is 1. The molecular formula is C25H49N7O9. The van der Waals surface area contributed by atoms with Crippen LogP contribution < -0.4 is 33.2 Å². The quantitative estimate of drug-likeness (QED) is 0.0413. The minimum absolute atomic E-state index is 0.0170. The van der Waals surface area contributed by atoms with Gasteiger partial charge in [0.1, 0.15) is 42.0 Å². The molecule has 0 aromatic rings. The first-order valence-corrected chi connectivity index (χ1v) is 14.4. The van der Waals surface area contributed by atoms with Gasteiger partial charge in [-0.15, -0.1) is 0 Å². The van der Waals surface area contributed by atoms with Crippen molar-refractivity contribution >= 4 is 5.84 Å². The topological polar surface area (TPSA) is 274 Å². The van der Waals surface area contributed by atoms with E-state index in [9.17, 15) is 20.4 Å². The minimum atomic E-state index is -1.37. The average Bonchev–Trinajstić information content (AvgIpc) is 3.64. The van der Waals surface area contributed by atoms with Crippen molar-refractivity contribution in [2.45, 2.75) is 111 Å². The molecule has 0 radical (unpaired) electrons. The summed E-state index contributed by atoms with van der Waals surface area (Å²) in [6.07, 6.45) is -5.26. The number of likely N-dealkylation sites (N-methyl/N-ethyl adjacent to an activating group) is 1. The lowest BCUT2D eigenvalue weighted by molar-refractivity contribution is -0.309. The largest absolute Gasteiger partial charge is 0.395 e. The molecule has 0 bridgehead atoms. The van der Waals surface area contributed by atoms with Crippen LogP contribution in [0.15, 0.2) is 4.99 Å². The number of ether oxygens (including phenoxy) is 4. The third kappa shape index (κ3) is 7.35. The number of rotatable bonds is 13. The molecule has 3 heterocycles. The molecule has 4 rings (SSSR count). The van der Waals surface area contributed by atoms with Crippen LogP contribution in [0.4, 0.5) is 0 Å². The fourth-order valence-corrected chi connectivity index (χ4v) is 6.04. The molecule has 3 saturated heterocycles. The summed E-state index contributed by atoms with van der Waals surface area (Å²) in [5, 5.41) is 61.9. The Labute approximate surface area is 239 Å². The predicted molar refractivity (Wildman–Crippen MR) is 146 cm³/mol. The van der Waals surface area contributed by atoms with Crippen molar-refractivity contribution in [3.8, 4) is 0 Å². The van der Waals surface area contributed by atoms with Crippen LogP contribution in [0.1, 0.15) is 32.6 Å². The third-order valence-electron chi connectivity index (χ3n) is 8.36. The van der Waals surface area contributed by atoms with Crippen LogP contribution in [0, 0.1) is 0 Å². The molecule has 41 heavy (non-hydrogen) atoms. The van der Waals surface area contributed by atoms with Crippen molar-refractivity contribution in [3.63, 3.8) is 0 Å². The average molecular weight is 592 g/mol. The van der Waals surface area contributed by atoms with E-state index in [-0.39, 0.29) is 50.6 Å². The second-order valence-electron chi connectivity index (χ2n) is 11.7. The Morgan fingerprint density at radius 3 is 2.68 bits per heavy atom. The summed E-state index contributed by atoms with van der Waals surface area (Å²) in [5.74, 6) is -1.20. The van der Waals surface area contributed by atoms with Gasteiger partial charge in [-0.05, 0) is 46.2 Å². The fourth-order valence-electron chi connectivity index (χ4n) is 6.04. The van der Waals surface area contributed by atoms with E-state index in [0.717, 1.165) is 12.8 Å². The monoisotopic (exact) mass is 591 g/mol. The van der Waals surface area contributed by atoms with Gasteiger partial charge in [-0.1, -0.05) is 0 Å². The standard InChI is InChI=1S/C25H49N7O9/c1-24(37)11-38-23(18(36)21(24)29-2)39-20-14(31-22(28)15(34)5-6-26)9-13(27)19(17(20)35)41-25-16(32-25)4-3-12(40-25)10-30-7-8-33/h12-21,23,29-30,32-37H,3-11,26-27H2,1-2H3,(H2,28,31). The molecule has 4 aliphatic rings. The van der Waals surface area contributed by atoms with E-state index in [2.05, 4.69) is 20.9 Å². The lowest BCUT2D eigenvalue weighted by Crippen LogP contribution is -2.67. The lowest BCUT2D eigenvalue weighted by atomic mass is 9.83. The van der Waals surface area contributed by atoms with Crippen molar-refractivity contribution in [1.82, 2.24) is 16.0 Å². The highest BCUT2D eigenvalue weighted by Crippen LogP contribution is 2.43. The van der Waals surface area contributed by atoms with Gasteiger partial charge in [0.15, 0.2) is 6.29 Å². The van der Waals surface area contributed by atoms with Gasteiger partial charge in [-0.2, -0.15) is 0 Å². The molecule has 16 heteroatoms. The lowest BCUT2D eigenvalue weighted by Gasteiger charge is -2.48. The molecule has 1 aliphatic carbocycles. The predicted octanol–water partition coefficient (Wildman–Crippen LogP) is -5.27. The first-order valence-electron chi connectivity index (χ1n) is 14.4. The molecule has 238 valence electrons. The summed E-state index contributed by atoms with van der Waals surface area (Å²) in [6.45, 7) is 2.58. The number of amidine groups is 1. The van der Waals surface area contributed by atoms with Crippen LogP contribution in [0.3, 0.4) is 0 Å². The highest BCUT2D eigenvalue weighted by atomic mass is 16.8. The molecule has 0 aromatic carbocycles. The highest BCUT2D eigenvalue weighted by Gasteiger charge is 2.63. The SMILES string of the molecule is CNC1C(O)C(OC2C(N=C(N)C(O)CCN)CC(N)C(OC34NC3CCC(CNCCO)O4)C2O)OCC1(C)O. The van der Waals surface area contributed by atoms with E-state index in [1.165, 1.54) is 6.92 Å². The van der Waals surface area contributed by atoms with Gasteiger partial charge in [0.05, 0.1) is 37.4 Å². The van der Waals surface area contributed by atoms with Gasteiger partial charge < -0.3 is 72.3 Å². The molecule has 1 saturated carbocycles. The molecule has 4 fully saturated rings. The number of nitrogens with one attached hydrogen (secondary N) is 3. The summed E-state index contributed by atoms with van der Waals surface area (Å²) in [6, 6.07) is -2.39. The van der Waals surface area contributed by atoms with Crippen LogP contribution in [0.2, 0.25) is 0 Å². The highest BCUT2D eigenvalue weighted by molar-refractivity contribution is 5.84. The Hall–Kier alpha value is -1.09. The van der Waals surface area contributed by atoms with Crippen LogP contribution >= 0.6 is 0 Å². The van der Waals surface area contributed by atoms with Crippen LogP contribution in [0.5, 0.6) is 0 Å². The number of hydrogen-bond donors (Lipinski definition) is 11. The summed E-state index contributed by atoms with van der Waals surface area (Å²) in [4.78, 5) is 4.45. The number of aliphatic hydroxyl groups excluding tert-OH is 4. The molecule has 0 amide bonds. The zero-order valence-electron chi connectivity index (χ0n) is 23.8. The Balaban J connectivity index is 1.53. The molecule has 13 atom stereocenters. The van der Waals surface area contributed by atoms with Crippen LogP contribution in [-0.4, -0.2) is 150 Å². The maximum absolute atomic E-state index is 11.6. The number of hydrogen-bond acceptors (Lipinski definition) is 15. The van der Waals surface area contributed by atoms with Crippen LogP contribution in [0.25, 0.3) is 0 Å². The smallest absolute Gasteiger partial charge is 0.244 e. The normalized spacial score (nSPS) is 45.7. The summed E-state index contributed by atoms with van der Waals surface area (Å²) < 4.78 is 24.4. The van der Waals surface area contributed by atoms with E-state index >= 15 is 0 Å². The first-order chi connectivity index (χ1) is 19.5. The van der Waals surface area contributed by atoms with Crippen molar-refractivity contribution in [3.05, 3.63) is 0 Å². The molecular weight excluding hydrogens is 542 g/mol.